The fourth-order valence-electron chi connectivity index (χ4n) is 3.27. The van der Waals surface area contributed by atoms with Gasteiger partial charge in [-0.25, -0.2) is 0 Å². The SMILES string of the molecule is CCCC(CCC)C(NC)C1=CCCCCC1. The third kappa shape index (κ3) is 4.83. The van der Waals surface area contributed by atoms with E-state index >= 15 is 0 Å². The van der Waals surface area contributed by atoms with Gasteiger partial charge in [0.25, 0.3) is 0 Å². The van der Waals surface area contributed by atoms with Gasteiger partial charge < -0.3 is 5.32 Å². The van der Waals surface area contributed by atoms with Crippen molar-refractivity contribution in [2.24, 2.45) is 5.92 Å². The molecule has 0 radical (unpaired) electrons. The van der Waals surface area contributed by atoms with Crippen LogP contribution in [0.4, 0.5) is 0 Å². The standard InChI is InChI=1S/C16H31N/c1-4-10-14(11-5-2)16(17-3)15-12-8-6-7-9-13-15/h12,14,16-17H,4-11,13H2,1-3H3. The van der Waals surface area contributed by atoms with Gasteiger partial charge in [-0.05, 0) is 51.5 Å². The van der Waals surface area contributed by atoms with Crippen LogP contribution in [0, 0.1) is 5.92 Å². The van der Waals surface area contributed by atoms with Crippen LogP contribution in [0.3, 0.4) is 0 Å². The van der Waals surface area contributed by atoms with Crippen molar-refractivity contribution in [3.63, 3.8) is 0 Å². The van der Waals surface area contributed by atoms with Gasteiger partial charge in [-0.2, -0.15) is 0 Å². The second kappa shape index (κ2) is 8.74. The van der Waals surface area contributed by atoms with Crippen molar-refractivity contribution in [1.82, 2.24) is 5.32 Å². The van der Waals surface area contributed by atoms with E-state index in [-0.39, 0.29) is 0 Å². The van der Waals surface area contributed by atoms with E-state index in [0.717, 1.165) is 5.92 Å². The summed E-state index contributed by atoms with van der Waals surface area (Å²) in [7, 11) is 2.15. The van der Waals surface area contributed by atoms with Gasteiger partial charge in [0.2, 0.25) is 0 Å². The van der Waals surface area contributed by atoms with E-state index < -0.39 is 0 Å². The monoisotopic (exact) mass is 237 g/mol. The molecule has 1 unspecified atom stereocenters. The Bertz CT molecular complexity index is 214. The van der Waals surface area contributed by atoms with E-state index in [9.17, 15) is 0 Å². The van der Waals surface area contributed by atoms with Crippen molar-refractivity contribution in [3.8, 4) is 0 Å². The molecule has 0 heterocycles. The molecule has 0 aromatic rings. The van der Waals surface area contributed by atoms with Gasteiger partial charge in [-0.3, -0.25) is 0 Å². The van der Waals surface area contributed by atoms with Crippen LogP contribution in [0.2, 0.25) is 0 Å². The first-order valence-electron chi connectivity index (χ1n) is 7.69. The van der Waals surface area contributed by atoms with Gasteiger partial charge in [-0.1, -0.05) is 44.8 Å². The molecular weight excluding hydrogens is 206 g/mol. The third-order valence-electron chi connectivity index (χ3n) is 4.08. The van der Waals surface area contributed by atoms with Crippen LogP contribution in [0.1, 0.15) is 71.6 Å². The number of hydrogen-bond donors (Lipinski definition) is 1. The van der Waals surface area contributed by atoms with E-state index in [0.29, 0.717) is 6.04 Å². The maximum Gasteiger partial charge on any atom is 0.0305 e. The molecule has 0 saturated heterocycles. The smallest absolute Gasteiger partial charge is 0.0305 e. The largest absolute Gasteiger partial charge is 0.313 e. The van der Waals surface area contributed by atoms with E-state index in [1.807, 2.05) is 0 Å². The summed E-state index contributed by atoms with van der Waals surface area (Å²) in [6, 6.07) is 0.646. The highest BCUT2D eigenvalue weighted by Crippen LogP contribution is 2.28. The molecule has 100 valence electrons. The Labute approximate surface area is 108 Å². The average Bonchev–Trinajstić information content (AvgIpc) is 2.60. The molecule has 1 N–H and O–H groups in total. The normalized spacial score (nSPS) is 18.9. The summed E-state index contributed by atoms with van der Waals surface area (Å²) >= 11 is 0. The summed E-state index contributed by atoms with van der Waals surface area (Å²) in [6.45, 7) is 4.63. The molecule has 0 aliphatic heterocycles. The topological polar surface area (TPSA) is 12.0 Å². The third-order valence-corrected chi connectivity index (χ3v) is 4.08. The Morgan fingerprint density at radius 3 is 2.41 bits per heavy atom. The maximum atomic E-state index is 3.60. The number of rotatable bonds is 7. The average molecular weight is 237 g/mol. The van der Waals surface area contributed by atoms with Gasteiger partial charge in [-0.15, -0.1) is 0 Å². The summed E-state index contributed by atoms with van der Waals surface area (Å²) in [5.74, 6) is 0.847. The highest BCUT2D eigenvalue weighted by Gasteiger charge is 2.22. The molecule has 1 nitrogen and oxygen atoms in total. The van der Waals surface area contributed by atoms with Gasteiger partial charge >= 0.3 is 0 Å². The molecular formula is C16H31N. The first-order chi connectivity index (χ1) is 8.33. The zero-order valence-electron chi connectivity index (χ0n) is 12.1. The molecule has 0 saturated carbocycles. The number of likely N-dealkylation sites (N-methyl/N-ethyl adjacent to an activating group) is 1. The van der Waals surface area contributed by atoms with E-state index in [1.54, 1.807) is 5.57 Å². The highest BCUT2D eigenvalue weighted by atomic mass is 14.9. The van der Waals surface area contributed by atoms with Crippen LogP contribution in [-0.4, -0.2) is 13.1 Å². The first kappa shape index (κ1) is 14.8. The minimum absolute atomic E-state index is 0.646. The highest BCUT2D eigenvalue weighted by molar-refractivity contribution is 5.13. The zero-order valence-corrected chi connectivity index (χ0v) is 12.1. The lowest BCUT2D eigenvalue weighted by Gasteiger charge is -2.29. The van der Waals surface area contributed by atoms with Crippen LogP contribution >= 0.6 is 0 Å². The summed E-state index contributed by atoms with van der Waals surface area (Å²) in [6.07, 6.45) is 14.8. The van der Waals surface area contributed by atoms with Crippen molar-refractivity contribution in [1.29, 1.82) is 0 Å². The molecule has 0 spiro atoms. The predicted octanol–water partition coefficient (Wildman–Crippen LogP) is 4.68. The second-order valence-electron chi connectivity index (χ2n) is 5.48. The van der Waals surface area contributed by atoms with Crippen LogP contribution in [0.25, 0.3) is 0 Å². The lowest BCUT2D eigenvalue weighted by molar-refractivity contribution is 0.350. The molecule has 0 aromatic heterocycles. The van der Waals surface area contributed by atoms with E-state index in [4.69, 9.17) is 0 Å². The number of allylic oxidation sites excluding steroid dienone is 1. The zero-order chi connectivity index (χ0) is 12.5. The van der Waals surface area contributed by atoms with Crippen molar-refractivity contribution >= 4 is 0 Å². The van der Waals surface area contributed by atoms with Gasteiger partial charge in [0, 0.05) is 6.04 Å². The van der Waals surface area contributed by atoms with Crippen molar-refractivity contribution in [3.05, 3.63) is 11.6 Å². The number of hydrogen-bond acceptors (Lipinski definition) is 1. The Hall–Kier alpha value is -0.300. The molecule has 17 heavy (non-hydrogen) atoms. The molecule has 0 aromatic carbocycles. The molecule has 1 aliphatic rings. The van der Waals surface area contributed by atoms with Crippen LogP contribution in [-0.2, 0) is 0 Å². The van der Waals surface area contributed by atoms with E-state index in [1.165, 1.54) is 57.8 Å². The van der Waals surface area contributed by atoms with E-state index in [2.05, 4.69) is 32.3 Å². The minimum Gasteiger partial charge on any atom is -0.313 e. The lowest BCUT2D eigenvalue weighted by atomic mass is 9.84. The Kier molecular flexibility index (Phi) is 7.59. The molecule has 1 rings (SSSR count). The minimum atomic E-state index is 0.646. The Morgan fingerprint density at radius 2 is 1.82 bits per heavy atom. The quantitative estimate of drug-likeness (QED) is 0.634. The Balaban J connectivity index is 2.67. The first-order valence-corrected chi connectivity index (χ1v) is 7.69. The summed E-state index contributed by atoms with van der Waals surface area (Å²) < 4.78 is 0. The van der Waals surface area contributed by atoms with Crippen LogP contribution < -0.4 is 5.32 Å². The molecule has 0 fully saturated rings. The fraction of sp³-hybridized carbons (Fsp3) is 0.875. The Morgan fingerprint density at radius 1 is 1.12 bits per heavy atom. The molecule has 0 bridgehead atoms. The van der Waals surface area contributed by atoms with Gasteiger partial charge in [0.1, 0.15) is 0 Å². The number of nitrogens with one attached hydrogen (secondary N) is 1. The van der Waals surface area contributed by atoms with Crippen LogP contribution in [0.5, 0.6) is 0 Å². The summed E-state index contributed by atoms with van der Waals surface area (Å²) in [5.41, 5.74) is 1.71. The molecule has 1 aliphatic carbocycles. The predicted molar refractivity (Wildman–Crippen MR) is 77.3 cm³/mol. The van der Waals surface area contributed by atoms with Crippen LogP contribution in [0.15, 0.2) is 11.6 Å². The van der Waals surface area contributed by atoms with Gasteiger partial charge in [0.15, 0.2) is 0 Å². The molecule has 0 amide bonds. The van der Waals surface area contributed by atoms with Crippen molar-refractivity contribution in [2.75, 3.05) is 7.05 Å². The lowest BCUT2D eigenvalue weighted by Crippen LogP contribution is -2.35. The van der Waals surface area contributed by atoms with Crippen molar-refractivity contribution in [2.45, 2.75) is 77.7 Å². The fourth-order valence-corrected chi connectivity index (χ4v) is 3.27. The second-order valence-corrected chi connectivity index (χ2v) is 5.48. The van der Waals surface area contributed by atoms with Crippen molar-refractivity contribution < 1.29 is 0 Å². The van der Waals surface area contributed by atoms with Gasteiger partial charge in [0.05, 0.1) is 0 Å². The summed E-state index contributed by atoms with van der Waals surface area (Å²) in [5, 5.41) is 3.60. The molecule has 1 heteroatoms. The summed E-state index contributed by atoms with van der Waals surface area (Å²) in [4.78, 5) is 0. The molecule has 1 atom stereocenters. The maximum absolute atomic E-state index is 3.60.